The first-order chi connectivity index (χ1) is 11.2. The smallest absolute Gasteiger partial charge is 0.162 e. The molecule has 0 fully saturated rings. The molecule has 3 aromatic rings. The van der Waals surface area contributed by atoms with Crippen molar-refractivity contribution in [1.29, 1.82) is 0 Å². The third-order valence-corrected chi connectivity index (χ3v) is 3.51. The van der Waals surface area contributed by atoms with Crippen LogP contribution in [0.5, 0.6) is 11.5 Å². The van der Waals surface area contributed by atoms with E-state index in [4.69, 9.17) is 9.47 Å². The van der Waals surface area contributed by atoms with Gasteiger partial charge in [-0.1, -0.05) is 12.1 Å². The number of rotatable bonds is 5. The summed E-state index contributed by atoms with van der Waals surface area (Å²) in [6.07, 6.45) is 1.49. The highest BCUT2D eigenvalue weighted by Crippen LogP contribution is 2.33. The van der Waals surface area contributed by atoms with E-state index in [1.54, 1.807) is 32.4 Å². The number of halogens is 2. The summed E-state index contributed by atoms with van der Waals surface area (Å²) in [7, 11) is 3.16. The van der Waals surface area contributed by atoms with Gasteiger partial charge in [-0.3, -0.25) is 0 Å². The molecular formula is C17H17ClFN3O2. The topological polar surface area (TPSA) is 56.3 Å². The lowest BCUT2D eigenvalue weighted by atomic mass is 10.2. The van der Waals surface area contributed by atoms with Crippen molar-refractivity contribution < 1.29 is 13.9 Å². The van der Waals surface area contributed by atoms with Crippen LogP contribution in [0.15, 0.2) is 42.7 Å². The van der Waals surface area contributed by atoms with Crippen LogP contribution in [-0.4, -0.2) is 24.2 Å². The number of hydrogen-bond acceptors (Lipinski definition) is 5. The third-order valence-electron chi connectivity index (χ3n) is 3.51. The molecular weight excluding hydrogens is 333 g/mol. The first kappa shape index (κ1) is 17.7. The minimum absolute atomic E-state index is 0. The maximum atomic E-state index is 12.9. The quantitative estimate of drug-likeness (QED) is 0.758. The summed E-state index contributed by atoms with van der Waals surface area (Å²) in [5.74, 6) is 1.65. The standard InChI is InChI=1S/C17H16FN3O2.ClH/c1-22-15-7-13-14(8-16(15)23-2)20-10-21-17(13)19-9-11-3-5-12(18)6-4-11;/h3-8,10H,9H2,1-2H3,(H,19,20,21);1H. The van der Waals surface area contributed by atoms with Crippen molar-refractivity contribution in [2.75, 3.05) is 19.5 Å². The minimum Gasteiger partial charge on any atom is -0.493 e. The molecule has 5 nitrogen and oxygen atoms in total. The molecule has 0 aliphatic rings. The summed E-state index contributed by atoms with van der Waals surface area (Å²) >= 11 is 0. The fourth-order valence-corrected chi connectivity index (χ4v) is 2.31. The highest BCUT2D eigenvalue weighted by molar-refractivity contribution is 5.91. The molecule has 0 spiro atoms. The lowest BCUT2D eigenvalue weighted by Gasteiger charge is -2.12. The summed E-state index contributed by atoms with van der Waals surface area (Å²) in [6, 6.07) is 9.97. The summed E-state index contributed by atoms with van der Waals surface area (Å²) in [5.41, 5.74) is 1.71. The highest BCUT2D eigenvalue weighted by Gasteiger charge is 2.10. The molecule has 0 aliphatic heterocycles. The largest absolute Gasteiger partial charge is 0.493 e. The first-order valence-corrected chi connectivity index (χ1v) is 7.06. The Morgan fingerprint density at radius 3 is 2.33 bits per heavy atom. The van der Waals surface area contributed by atoms with E-state index in [0.29, 0.717) is 23.9 Å². The van der Waals surface area contributed by atoms with Crippen molar-refractivity contribution >= 4 is 29.1 Å². The van der Waals surface area contributed by atoms with Gasteiger partial charge in [0.15, 0.2) is 11.5 Å². The van der Waals surface area contributed by atoms with Crippen molar-refractivity contribution in [1.82, 2.24) is 9.97 Å². The van der Waals surface area contributed by atoms with E-state index in [9.17, 15) is 4.39 Å². The number of fused-ring (bicyclic) bond motifs is 1. The second kappa shape index (κ2) is 7.79. The van der Waals surface area contributed by atoms with Crippen LogP contribution in [-0.2, 0) is 6.54 Å². The number of aromatic nitrogens is 2. The van der Waals surface area contributed by atoms with E-state index in [-0.39, 0.29) is 18.2 Å². The molecule has 0 radical (unpaired) electrons. The zero-order valence-corrected chi connectivity index (χ0v) is 14.1. The normalized spacial score (nSPS) is 10.1. The molecule has 7 heteroatoms. The SMILES string of the molecule is COc1cc2ncnc(NCc3ccc(F)cc3)c2cc1OC.Cl. The predicted molar refractivity (Wildman–Crippen MR) is 93.6 cm³/mol. The summed E-state index contributed by atoms with van der Waals surface area (Å²) in [5, 5.41) is 4.07. The van der Waals surface area contributed by atoms with Gasteiger partial charge in [-0.05, 0) is 23.8 Å². The second-order valence-corrected chi connectivity index (χ2v) is 4.93. The second-order valence-electron chi connectivity index (χ2n) is 4.93. The van der Waals surface area contributed by atoms with E-state index in [1.165, 1.54) is 18.5 Å². The number of anilines is 1. The van der Waals surface area contributed by atoms with E-state index in [2.05, 4.69) is 15.3 Å². The average Bonchev–Trinajstić information content (AvgIpc) is 2.60. The molecule has 126 valence electrons. The Balaban J connectivity index is 0.00000208. The van der Waals surface area contributed by atoms with Gasteiger partial charge in [0.2, 0.25) is 0 Å². The van der Waals surface area contributed by atoms with Crippen LogP contribution in [0.1, 0.15) is 5.56 Å². The van der Waals surface area contributed by atoms with Crippen molar-refractivity contribution in [3.8, 4) is 11.5 Å². The van der Waals surface area contributed by atoms with Gasteiger partial charge in [0.25, 0.3) is 0 Å². The molecule has 0 saturated carbocycles. The fourth-order valence-electron chi connectivity index (χ4n) is 2.31. The highest BCUT2D eigenvalue weighted by atomic mass is 35.5. The van der Waals surface area contributed by atoms with Crippen LogP contribution in [0.3, 0.4) is 0 Å². The summed E-state index contributed by atoms with van der Waals surface area (Å²) < 4.78 is 23.6. The Kier molecular flexibility index (Phi) is 5.76. The van der Waals surface area contributed by atoms with Crippen LogP contribution in [0.25, 0.3) is 10.9 Å². The molecule has 3 rings (SSSR count). The van der Waals surface area contributed by atoms with Crippen LogP contribution in [0.2, 0.25) is 0 Å². The van der Waals surface area contributed by atoms with Gasteiger partial charge < -0.3 is 14.8 Å². The van der Waals surface area contributed by atoms with Crippen molar-refractivity contribution in [3.05, 3.63) is 54.1 Å². The lowest BCUT2D eigenvalue weighted by molar-refractivity contribution is 0.356. The zero-order valence-electron chi connectivity index (χ0n) is 13.2. The minimum atomic E-state index is -0.252. The van der Waals surface area contributed by atoms with Gasteiger partial charge in [-0.2, -0.15) is 0 Å². The number of hydrogen-bond donors (Lipinski definition) is 1. The molecule has 1 N–H and O–H groups in total. The van der Waals surface area contributed by atoms with Crippen molar-refractivity contribution in [2.24, 2.45) is 0 Å². The van der Waals surface area contributed by atoms with Crippen molar-refractivity contribution in [3.63, 3.8) is 0 Å². The van der Waals surface area contributed by atoms with Crippen LogP contribution >= 0.6 is 12.4 Å². The summed E-state index contributed by atoms with van der Waals surface area (Å²) in [6.45, 7) is 0.529. The van der Waals surface area contributed by atoms with Crippen LogP contribution in [0, 0.1) is 5.82 Å². The lowest BCUT2D eigenvalue weighted by Crippen LogP contribution is -2.03. The fraction of sp³-hybridized carbons (Fsp3) is 0.176. The van der Waals surface area contributed by atoms with Gasteiger partial charge in [0.1, 0.15) is 18.0 Å². The number of nitrogens with zero attached hydrogens (tertiary/aromatic N) is 2. The molecule has 0 amide bonds. The van der Waals surface area contributed by atoms with E-state index >= 15 is 0 Å². The molecule has 2 aromatic carbocycles. The zero-order chi connectivity index (χ0) is 16.2. The molecule has 1 heterocycles. The monoisotopic (exact) mass is 349 g/mol. The molecule has 0 saturated heterocycles. The van der Waals surface area contributed by atoms with E-state index in [0.717, 1.165) is 16.5 Å². The molecule has 0 unspecified atom stereocenters. The first-order valence-electron chi connectivity index (χ1n) is 7.06. The van der Waals surface area contributed by atoms with Gasteiger partial charge in [-0.15, -0.1) is 12.4 Å². The Hall–Kier alpha value is -2.60. The number of nitrogens with one attached hydrogen (secondary N) is 1. The van der Waals surface area contributed by atoms with Crippen LogP contribution < -0.4 is 14.8 Å². The molecule has 1 aromatic heterocycles. The predicted octanol–water partition coefficient (Wildman–Crippen LogP) is 3.82. The maximum Gasteiger partial charge on any atom is 0.162 e. The Bertz CT molecular complexity index is 828. The molecule has 0 atom stereocenters. The van der Waals surface area contributed by atoms with Crippen LogP contribution in [0.4, 0.5) is 10.2 Å². The Morgan fingerprint density at radius 2 is 1.67 bits per heavy atom. The molecule has 24 heavy (non-hydrogen) atoms. The van der Waals surface area contributed by atoms with Gasteiger partial charge in [-0.25, -0.2) is 14.4 Å². The van der Waals surface area contributed by atoms with Gasteiger partial charge in [0, 0.05) is 18.0 Å². The van der Waals surface area contributed by atoms with Gasteiger partial charge >= 0.3 is 0 Å². The number of benzene rings is 2. The van der Waals surface area contributed by atoms with Crippen molar-refractivity contribution in [2.45, 2.75) is 6.54 Å². The Labute approximate surface area is 145 Å². The van der Waals surface area contributed by atoms with E-state index < -0.39 is 0 Å². The van der Waals surface area contributed by atoms with E-state index in [1.807, 2.05) is 6.07 Å². The summed E-state index contributed by atoms with van der Waals surface area (Å²) in [4.78, 5) is 8.53. The number of methoxy groups -OCH3 is 2. The maximum absolute atomic E-state index is 12.9. The third kappa shape index (κ3) is 3.65. The Morgan fingerprint density at radius 1 is 1.00 bits per heavy atom. The average molecular weight is 350 g/mol. The molecule has 0 aliphatic carbocycles. The number of ether oxygens (including phenoxy) is 2. The van der Waals surface area contributed by atoms with Gasteiger partial charge in [0.05, 0.1) is 19.7 Å². The molecule has 0 bridgehead atoms.